The molecule has 0 spiro atoms. The summed E-state index contributed by atoms with van der Waals surface area (Å²) in [5.41, 5.74) is 0.809. The highest BCUT2D eigenvalue weighted by Gasteiger charge is 2.16. The lowest BCUT2D eigenvalue weighted by Gasteiger charge is -2.10. The Labute approximate surface area is 131 Å². The Balaban J connectivity index is 2.30. The number of hydrogen-bond donors (Lipinski definition) is 3. The van der Waals surface area contributed by atoms with Crippen molar-refractivity contribution in [1.29, 1.82) is 0 Å². The quantitative estimate of drug-likeness (QED) is 0.584. The van der Waals surface area contributed by atoms with E-state index in [2.05, 4.69) is 10.6 Å². The van der Waals surface area contributed by atoms with Gasteiger partial charge in [-0.25, -0.2) is 4.79 Å². The fourth-order valence-electron chi connectivity index (χ4n) is 1.43. The van der Waals surface area contributed by atoms with Crippen molar-refractivity contribution >= 4 is 41.6 Å². The first kappa shape index (κ1) is 17.3. The topological polar surface area (TPSA) is 95.5 Å². The maximum absolute atomic E-state index is 11.6. The van der Waals surface area contributed by atoms with Crippen molar-refractivity contribution in [2.45, 2.75) is 12.6 Å². The summed E-state index contributed by atoms with van der Waals surface area (Å²) in [7, 11) is 0. The number of carbonyl (C=O) groups excluding carboxylic acids is 2. The van der Waals surface area contributed by atoms with Crippen molar-refractivity contribution in [3.8, 4) is 0 Å². The molecule has 0 aliphatic rings. The summed E-state index contributed by atoms with van der Waals surface area (Å²) in [6, 6.07) is 6.18. The molecule has 0 aliphatic heterocycles. The van der Waals surface area contributed by atoms with E-state index < -0.39 is 12.0 Å². The highest BCUT2D eigenvalue weighted by molar-refractivity contribution is 8.00. The number of amides is 2. The normalized spacial score (nSPS) is 11.5. The summed E-state index contributed by atoms with van der Waals surface area (Å²) in [6.45, 7) is 0.314. The van der Waals surface area contributed by atoms with Gasteiger partial charge < -0.3 is 15.7 Å². The molecule has 0 saturated heterocycles. The molecule has 0 aliphatic carbocycles. The fraction of sp³-hybridized carbons (Fsp3) is 0.308. The van der Waals surface area contributed by atoms with Gasteiger partial charge in [0.15, 0.2) is 0 Å². The number of carbonyl (C=O) groups is 3. The van der Waals surface area contributed by atoms with Gasteiger partial charge in [-0.05, 0) is 11.6 Å². The predicted molar refractivity (Wildman–Crippen MR) is 81.2 cm³/mol. The second-order valence-electron chi connectivity index (χ2n) is 4.06. The van der Waals surface area contributed by atoms with E-state index in [4.69, 9.17) is 16.7 Å². The molecule has 1 rings (SSSR count). The number of thioether (sulfide) groups is 1. The molecular formula is C13H15ClN2O4S. The van der Waals surface area contributed by atoms with Gasteiger partial charge in [0.25, 0.3) is 0 Å². The Bertz CT molecular complexity index is 513. The second kappa shape index (κ2) is 9.25. The summed E-state index contributed by atoms with van der Waals surface area (Å²) in [5, 5.41) is 14.2. The lowest BCUT2D eigenvalue weighted by molar-refractivity contribution is -0.139. The van der Waals surface area contributed by atoms with Crippen molar-refractivity contribution in [3.63, 3.8) is 0 Å². The fourth-order valence-corrected chi connectivity index (χ4v) is 2.51. The minimum Gasteiger partial charge on any atom is -0.480 e. The van der Waals surface area contributed by atoms with Crippen LogP contribution in [0.25, 0.3) is 0 Å². The SMILES string of the molecule is O=CNC(CSCC(=O)NCc1ccccc1Cl)C(=O)O. The van der Waals surface area contributed by atoms with Gasteiger partial charge in [-0.15, -0.1) is 11.8 Å². The third-order valence-electron chi connectivity index (χ3n) is 2.52. The number of hydrogen-bond acceptors (Lipinski definition) is 4. The monoisotopic (exact) mass is 330 g/mol. The lowest BCUT2D eigenvalue weighted by Crippen LogP contribution is -2.38. The Morgan fingerprint density at radius 3 is 2.71 bits per heavy atom. The van der Waals surface area contributed by atoms with Crippen LogP contribution < -0.4 is 10.6 Å². The van der Waals surface area contributed by atoms with Gasteiger partial charge in [-0.2, -0.15) is 0 Å². The minimum absolute atomic E-state index is 0.106. The number of halogens is 1. The average molecular weight is 331 g/mol. The van der Waals surface area contributed by atoms with E-state index in [1.165, 1.54) is 0 Å². The zero-order chi connectivity index (χ0) is 15.7. The third kappa shape index (κ3) is 6.50. The van der Waals surface area contributed by atoms with Gasteiger partial charge in [-0.3, -0.25) is 9.59 Å². The van der Waals surface area contributed by atoms with Crippen LogP contribution in [0.4, 0.5) is 0 Å². The molecule has 1 aromatic carbocycles. The van der Waals surface area contributed by atoms with Gasteiger partial charge in [-0.1, -0.05) is 29.8 Å². The summed E-state index contributed by atoms with van der Waals surface area (Å²) in [5.74, 6) is -1.14. The highest BCUT2D eigenvalue weighted by Crippen LogP contribution is 2.14. The van der Waals surface area contributed by atoms with Gasteiger partial charge in [0.1, 0.15) is 6.04 Å². The maximum atomic E-state index is 11.6. The van der Waals surface area contributed by atoms with Crippen molar-refractivity contribution in [2.24, 2.45) is 0 Å². The molecule has 6 nitrogen and oxygen atoms in total. The van der Waals surface area contributed by atoms with Crippen LogP contribution in [0.1, 0.15) is 5.56 Å². The van der Waals surface area contributed by atoms with Crippen LogP contribution in [-0.2, 0) is 20.9 Å². The van der Waals surface area contributed by atoms with Gasteiger partial charge in [0.2, 0.25) is 12.3 Å². The molecule has 8 heteroatoms. The van der Waals surface area contributed by atoms with Crippen LogP contribution >= 0.6 is 23.4 Å². The van der Waals surface area contributed by atoms with Gasteiger partial charge in [0.05, 0.1) is 5.75 Å². The van der Waals surface area contributed by atoms with E-state index in [1.807, 2.05) is 12.1 Å². The highest BCUT2D eigenvalue weighted by atomic mass is 35.5. The Morgan fingerprint density at radius 1 is 1.38 bits per heavy atom. The summed E-state index contributed by atoms with van der Waals surface area (Å²) in [6.07, 6.45) is 0.330. The molecule has 3 N–H and O–H groups in total. The molecule has 0 aromatic heterocycles. The van der Waals surface area contributed by atoms with E-state index in [9.17, 15) is 14.4 Å². The van der Waals surface area contributed by atoms with Crippen molar-refractivity contribution in [3.05, 3.63) is 34.9 Å². The Kier molecular flexibility index (Phi) is 7.63. The zero-order valence-electron chi connectivity index (χ0n) is 11.0. The molecule has 114 valence electrons. The molecular weight excluding hydrogens is 316 g/mol. The smallest absolute Gasteiger partial charge is 0.327 e. The van der Waals surface area contributed by atoms with Crippen LogP contribution in [0.3, 0.4) is 0 Å². The van der Waals surface area contributed by atoms with E-state index in [-0.39, 0.29) is 17.4 Å². The van der Waals surface area contributed by atoms with Gasteiger partial charge >= 0.3 is 5.97 Å². The predicted octanol–water partition coefficient (Wildman–Crippen LogP) is 0.889. The number of rotatable bonds is 9. The van der Waals surface area contributed by atoms with E-state index in [0.717, 1.165) is 17.3 Å². The molecule has 0 heterocycles. The third-order valence-corrected chi connectivity index (χ3v) is 3.92. The van der Waals surface area contributed by atoms with Crippen LogP contribution in [0.15, 0.2) is 24.3 Å². The number of carboxylic acid groups (broad SMARTS) is 1. The van der Waals surface area contributed by atoms with Crippen molar-refractivity contribution < 1.29 is 19.5 Å². The van der Waals surface area contributed by atoms with Crippen LogP contribution in [-0.4, -0.2) is 40.9 Å². The number of benzene rings is 1. The largest absolute Gasteiger partial charge is 0.480 e. The molecule has 0 fully saturated rings. The first-order valence-electron chi connectivity index (χ1n) is 6.05. The Morgan fingerprint density at radius 2 is 2.10 bits per heavy atom. The number of carboxylic acids is 1. The molecule has 1 unspecified atom stereocenters. The van der Waals surface area contributed by atoms with E-state index >= 15 is 0 Å². The average Bonchev–Trinajstić information content (AvgIpc) is 2.45. The molecule has 0 radical (unpaired) electrons. The zero-order valence-corrected chi connectivity index (χ0v) is 12.6. The van der Waals surface area contributed by atoms with Crippen molar-refractivity contribution in [2.75, 3.05) is 11.5 Å². The molecule has 1 atom stereocenters. The first-order chi connectivity index (χ1) is 10.0. The number of nitrogens with one attached hydrogen (secondary N) is 2. The van der Waals surface area contributed by atoms with Crippen LogP contribution in [0.5, 0.6) is 0 Å². The molecule has 0 saturated carbocycles. The maximum Gasteiger partial charge on any atom is 0.327 e. The summed E-state index contributed by atoms with van der Waals surface area (Å²) in [4.78, 5) is 32.6. The second-order valence-corrected chi connectivity index (χ2v) is 5.50. The van der Waals surface area contributed by atoms with E-state index in [1.54, 1.807) is 12.1 Å². The minimum atomic E-state index is -1.13. The molecule has 1 aromatic rings. The van der Waals surface area contributed by atoms with Crippen molar-refractivity contribution in [1.82, 2.24) is 10.6 Å². The molecule has 0 bridgehead atoms. The van der Waals surface area contributed by atoms with E-state index in [0.29, 0.717) is 18.0 Å². The lowest BCUT2D eigenvalue weighted by atomic mass is 10.2. The van der Waals surface area contributed by atoms with Gasteiger partial charge in [0, 0.05) is 17.3 Å². The van der Waals surface area contributed by atoms with Crippen LogP contribution in [0.2, 0.25) is 5.02 Å². The summed E-state index contributed by atoms with van der Waals surface area (Å²) >= 11 is 7.09. The summed E-state index contributed by atoms with van der Waals surface area (Å²) < 4.78 is 0. The Hall–Kier alpha value is -1.73. The first-order valence-corrected chi connectivity index (χ1v) is 7.58. The van der Waals surface area contributed by atoms with Crippen LogP contribution in [0, 0.1) is 0 Å². The molecule has 21 heavy (non-hydrogen) atoms. The number of aliphatic carboxylic acids is 1. The standard InChI is InChI=1S/C13H15ClN2O4S/c14-10-4-2-1-3-9(10)5-15-12(18)7-21-6-11(13(19)20)16-8-17/h1-4,8,11H,5-7H2,(H,15,18)(H,16,17)(H,19,20). The molecule has 2 amide bonds.